The summed E-state index contributed by atoms with van der Waals surface area (Å²) in [4.78, 5) is 4.25. The lowest BCUT2D eigenvalue weighted by molar-refractivity contribution is 0.439. The average molecular weight is 312 g/mol. The molecule has 0 spiro atoms. The fraction of sp³-hybridized carbons (Fsp3) is 0. The highest BCUT2D eigenvalue weighted by atomic mass is 35.5. The van der Waals surface area contributed by atoms with Gasteiger partial charge in [0.1, 0.15) is 10.0 Å². The molecule has 0 aliphatic carbocycles. The number of aromatic nitrogens is 2. The van der Waals surface area contributed by atoms with E-state index in [1.54, 1.807) is 12.3 Å². The van der Waals surface area contributed by atoms with E-state index in [4.69, 9.17) is 33.5 Å². The Kier molecular flexibility index (Phi) is 3.18. The van der Waals surface area contributed by atoms with E-state index in [1.165, 1.54) is 11.3 Å². The smallest absolute Gasteiger partial charge is 0.232 e. The van der Waals surface area contributed by atoms with Gasteiger partial charge in [-0.05, 0) is 18.2 Å². The Balaban J connectivity index is 2.22. The van der Waals surface area contributed by atoms with E-state index in [0.717, 1.165) is 0 Å². The molecule has 3 aromatic heterocycles. The molecule has 0 fully saturated rings. The van der Waals surface area contributed by atoms with Crippen LogP contribution in [0.4, 0.5) is 5.88 Å². The highest BCUT2D eigenvalue weighted by Gasteiger charge is 2.21. The van der Waals surface area contributed by atoms with E-state index in [-0.39, 0.29) is 5.88 Å². The van der Waals surface area contributed by atoms with E-state index in [2.05, 4.69) is 10.1 Å². The van der Waals surface area contributed by atoms with Gasteiger partial charge in [0, 0.05) is 11.8 Å². The second kappa shape index (κ2) is 4.85. The van der Waals surface area contributed by atoms with Crippen LogP contribution in [0.5, 0.6) is 0 Å². The molecule has 19 heavy (non-hydrogen) atoms. The van der Waals surface area contributed by atoms with Crippen molar-refractivity contribution in [1.82, 2.24) is 10.1 Å². The Bertz CT molecular complexity index is 724. The monoisotopic (exact) mass is 311 g/mol. The van der Waals surface area contributed by atoms with Gasteiger partial charge in [-0.1, -0.05) is 34.4 Å². The Morgan fingerprint density at radius 2 is 2.11 bits per heavy atom. The van der Waals surface area contributed by atoms with Crippen molar-refractivity contribution in [3.63, 3.8) is 0 Å². The van der Waals surface area contributed by atoms with Crippen molar-refractivity contribution < 1.29 is 4.52 Å². The Hall–Kier alpha value is -1.56. The minimum absolute atomic E-state index is 0.201. The minimum atomic E-state index is 0.201. The molecule has 96 valence electrons. The molecule has 0 atom stereocenters. The average Bonchev–Trinajstić information content (AvgIpc) is 2.93. The normalized spacial score (nSPS) is 10.8. The standard InChI is InChI=1S/C12H7Cl2N3OS/c13-8-5-6(11(14)19-8)10-9(12(15)18-17-10)7-3-1-2-4-16-7/h1-5H,15H2. The summed E-state index contributed by atoms with van der Waals surface area (Å²) in [6, 6.07) is 7.24. The molecule has 3 aromatic rings. The maximum Gasteiger partial charge on any atom is 0.232 e. The van der Waals surface area contributed by atoms with Crippen molar-refractivity contribution in [3.05, 3.63) is 39.1 Å². The van der Waals surface area contributed by atoms with Gasteiger partial charge in [-0.2, -0.15) is 0 Å². The summed E-state index contributed by atoms with van der Waals surface area (Å²) in [5.41, 5.74) is 8.36. The molecule has 0 aliphatic heterocycles. The van der Waals surface area contributed by atoms with Crippen LogP contribution in [0.15, 0.2) is 35.0 Å². The summed E-state index contributed by atoms with van der Waals surface area (Å²) in [5.74, 6) is 0.201. The number of nitrogens with zero attached hydrogens (tertiary/aromatic N) is 2. The Morgan fingerprint density at radius 3 is 2.74 bits per heavy atom. The van der Waals surface area contributed by atoms with E-state index < -0.39 is 0 Å². The maximum absolute atomic E-state index is 6.14. The molecule has 0 aromatic carbocycles. The van der Waals surface area contributed by atoms with Gasteiger partial charge in [-0.15, -0.1) is 11.3 Å². The van der Waals surface area contributed by atoms with Crippen LogP contribution in [0.25, 0.3) is 22.5 Å². The molecule has 0 saturated carbocycles. The zero-order chi connectivity index (χ0) is 13.4. The highest BCUT2D eigenvalue weighted by molar-refractivity contribution is 7.20. The number of hydrogen-bond acceptors (Lipinski definition) is 5. The molecule has 3 heterocycles. The van der Waals surface area contributed by atoms with Crippen LogP contribution >= 0.6 is 34.5 Å². The summed E-state index contributed by atoms with van der Waals surface area (Å²) in [5, 5.41) is 3.96. The lowest BCUT2D eigenvalue weighted by atomic mass is 10.1. The zero-order valence-corrected chi connectivity index (χ0v) is 11.8. The van der Waals surface area contributed by atoms with Crippen LogP contribution in [0.3, 0.4) is 0 Å². The SMILES string of the molecule is Nc1onc(-c2cc(Cl)sc2Cl)c1-c1ccccn1. The zero-order valence-electron chi connectivity index (χ0n) is 9.43. The minimum Gasteiger partial charge on any atom is -0.367 e. The maximum atomic E-state index is 6.14. The van der Waals surface area contributed by atoms with Gasteiger partial charge in [0.05, 0.1) is 15.6 Å². The highest BCUT2D eigenvalue weighted by Crippen LogP contribution is 2.42. The van der Waals surface area contributed by atoms with Crippen LogP contribution in [0.2, 0.25) is 8.67 Å². The summed E-state index contributed by atoms with van der Waals surface area (Å²) < 4.78 is 6.17. The second-order valence-electron chi connectivity index (χ2n) is 3.72. The summed E-state index contributed by atoms with van der Waals surface area (Å²) in [6.45, 7) is 0. The van der Waals surface area contributed by atoms with Gasteiger partial charge in [0.15, 0.2) is 0 Å². The van der Waals surface area contributed by atoms with Gasteiger partial charge in [0.25, 0.3) is 0 Å². The third kappa shape index (κ3) is 2.20. The third-order valence-corrected chi connectivity index (χ3v) is 4.04. The lowest BCUT2D eigenvalue weighted by Crippen LogP contribution is -1.89. The van der Waals surface area contributed by atoms with Crippen molar-refractivity contribution in [3.8, 4) is 22.5 Å². The van der Waals surface area contributed by atoms with Gasteiger partial charge in [-0.25, -0.2) is 0 Å². The van der Waals surface area contributed by atoms with Crippen LogP contribution in [-0.4, -0.2) is 10.1 Å². The second-order valence-corrected chi connectivity index (χ2v) is 6.01. The predicted octanol–water partition coefficient (Wildman–Crippen LogP) is 4.35. The van der Waals surface area contributed by atoms with E-state index in [0.29, 0.717) is 31.2 Å². The van der Waals surface area contributed by atoms with Gasteiger partial charge in [-0.3, -0.25) is 4.98 Å². The lowest BCUT2D eigenvalue weighted by Gasteiger charge is -2.00. The number of nitrogen functional groups attached to an aromatic ring is 1. The van der Waals surface area contributed by atoms with Crippen molar-refractivity contribution >= 4 is 40.4 Å². The molecular weight excluding hydrogens is 305 g/mol. The molecular formula is C12H7Cl2N3OS. The van der Waals surface area contributed by atoms with E-state index in [1.807, 2.05) is 18.2 Å². The molecule has 0 amide bonds. The molecule has 4 nitrogen and oxygen atoms in total. The summed E-state index contributed by atoms with van der Waals surface area (Å²) >= 11 is 13.4. The quantitative estimate of drug-likeness (QED) is 0.764. The fourth-order valence-corrected chi connectivity index (χ4v) is 3.21. The van der Waals surface area contributed by atoms with Crippen LogP contribution in [-0.2, 0) is 0 Å². The van der Waals surface area contributed by atoms with Crippen LogP contribution < -0.4 is 5.73 Å². The fourth-order valence-electron chi connectivity index (χ4n) is 1.75. The van der Waals surface area contributed by atoms with Gasteiger partial charge >= 0.3 is 0 Å². The van der Waals surface area contributed by atoms with E-state index >= 15 is 0 Å². The van der Waals surface area contributed by atoms with E-state index in [9.17, 15) is 0 Å². The van der Waals surface area contributed by atoms with Gasteiger partial charge in [0.2, 0.25) is 5.88 Å². The molecule has 0 bridgehead atoms. The first-order chi connectivity index (χ1) is 9.16. The third-order valence-electron chi connectivity index (χ3n) is 2.55. The van der Waals surface area contributed by atoms with Crippen LogP contribution in [0, 0.1) is 0 Å². The van der Waals surface area contributed by atoms with Crippen molar-refractivity contribution in [2.45, 2.75) is 0 Å². The van der Waals surface area contributed by atoms with Gasteiger partial charge < -0.3 is 10.3 Å². The van der Waals surface area contributed by atoms with Crippen molar-refractivity contribution in [2.75, 3.05) is 5.73 Å². The molecule has 0 unspecified atom stereocenters. The molecule has 0 aliphatic rings. The Labute approximate surface area is 122 Å². The van der Waals surface area contributed by atoms with Crippen molar-refractivity contribution in [1.29, 1.82) is 0 Å². The first-order valence-corrected chi connectivity index (χ1v) is 6.86. The topological polar surface area (TPSA) is 64.9 Å². The molecule has 2 N–H and O–H groups in total. The number of rotatable bonds is 2. The Morgan fingerprint density at radius 1 is 1.26 bits per heavy atom. The number of pyridine rings is 1. The first kappa shape index (κ1) is 12.5. The largest absolute Gasteiger partial charge is 0.367 e. The molecule has 3 rings (SSSR count). The molecule has 7 heteroatoms. The summed E-state index contributed by atoms with van der Waals surface area (Å²) in [6.07, 6.45) is 1.67. The number of anilines is 1. The summed E-state index contributed by atoms with van der Waals surface area (Å²) in [7, 11) is 0. The predicted molar refractivity (Wildman–Crippen MR) is 77.5 cm³/mol. The first-order valence-electron chi connectivity index (χ1n) is 5.28. The molecule has 0 radical (unpaired) electrons. The number of hydrogen-bond donors (Lipinski definition) is 1. The van der Waals surface area contributed by atoms with Crippen LogP contribution in [0.1, 0.15) is 0 Å². The molecule has 0 saturated heterocycles. The van der Waals surface area contributed by atoms with Crippen molar-refractivity contribution in [2.24, 2.45) is 0 Å². The number of nitrogens with two attached hydrogens (primary N) is 1. The number of halogens is 2. The number of thiophene rings is 1.